The van der Waals surface area contributed by atoms with Crippen LogP contribution in [0.5, 0.6) is 0 Å². The van der Waals surface area contributed by atoms with E-state index in [0.717, 1.165) is 6.42 Å². The zero-order valence-electron chi connectivity index (χ0n) is 8.01. The SMILES string of the molecule is C=CCCC(=O)OCCC(C)C. The molecular formula is C10H18O2. The van der Waals surface area contributed by atoms with Gasteiger partial charge in [-0.25, -0.2) is 0 Å². The Kier molecular flexibility index (Phi) is 6.44. The first kappa shape index (κ1) is 11.2. The molecule has 0 spiro atoms. The summed E-state index contributed by atoms with van der Waals surface area (Å²) >= 11 is 0. The molecule has 0 heterocycles. The van der Waals surface area contributed by atoms with Crippen molar-refractivity contribution in [3.05, 3.63) is 12.7 Å². The summed E-state index contributed by atoms with van der Waals surface area (Å²) in [5.74, 6) is 0.479. The zero-order valence-corrected chi connectivity index (χ0v) is 8.01. The summed E-state index contributed by atoms with van der Waals surface area (Å²) < 4.78 is 4.97. The first-order chi connectivity index (χ1) is 5.66. The van der Waals surface area contributed by atoms with Crippen LogP contribution in [-0.2, 0) is 9.53 Å². The van der Waals surface area contributed by atoms with Gasteiger partial charge in [0, 0.05) is 6.42 Å². The van der Waals surface area contributed by atoms with Crippen molar-refractivity contribution in [3.8, 4) is 0 Å². The van der Waals surface area contributed by atoms with Crippen LogP contribution in [0.25, 0.3) is 0 Å². The number of esters is 1. The maximum Gasteiger partial charge on any atom is 0.306 e. The van der Waals surface area contributed by atoms with Crippen molar-refractivity contribution in [2.75, 3.05) is 6.61 Å². The molecule has 0 aromatic rings. The Morgan fingerprint density at radius 1 is 1.58 bits per heavy atom. The third-order valence-corrected chi connectivity index (χ3v) is 1.51. The first-order valence-electron chi connectivity index (χ1n) is 4.43. The minimum Gasteiger partial charge on any atom is -0.466 e. The molecule has 0 amide bonds. The lowest BCUT2D eigenvalue weighted by molar-refractivity contribution is -0.143. The molecule has 0 aliphatic carbocycles. The van der Waals surface area contributed by atoms with E-state index < -0.39 is 0 Å². The van der Waals surface area contributed by atoms with Crippen LogP contribution in [0, 0.1) is 5.92 Å². The molecule has 2 nitrogen and oxygen atoms in total. The molecular weight excluding hydrogens is 152 g/mol. The second-order valence-electron chi connectivity index (χ2n) is 3.23. The van der Waals surface area contributed by atoms with Gasteiger partial charge in [0.05, 0.1) is 6.61 Å². The lowest BCUT2D eigenvalue weighted by Crippen LogP contribution is -2.06. The fourth-order valence-corrected chi connectivity index (χ4v) is 0.701. The number of carbonyl (C=O) groups excluding carboxylic acids is 1. The zero-order chi connectivity index (χ0) is 9.40. The van der Waals surface area contributed by atoms with Gasteiger partial charge in [0.1, 0.15) is 0 Å². The number of allylic oxidation sites excluding steroid dienone is 1. The normalized spacial score (nSPS) is 9.92. The maximum atomic E-state index is 10.9. The second-order valence-corrected chi connectivity index (χ2v) is 3.23. The molecule has 0 N–H and O–H groups in total. The predicted octanol–water partition coefficient (Wildman–Crippen LogP) is 2.54. The Labute approximate surface area is 74.6 Å². The molecule has 0 aliphatic rings. The summed E-state index contributed by atoms with van der Waals surface area (Å²) in [5, 5.41) is 0. The van der Waals surface area contributed by atoms with Gasteiger partial charge in [0.2, 0.25) is 0 Å². The summed E-state index contributed by atoms with van der Waals surface area (Å²) in [6.07, 6.45) is 3.84. The van der Waals surface area contributed by atoms with E-state index in [0.29, 0.717) is 25.4 Å². The van der Waals surface area contributed by atoms with Gasteiger partial charge in [0.25, 0.3) is 0 Å². The van der Waals surface area contributed by atoms with Crippen molar-refractivity contribution >= 4 is 5.97 Å². The topological polar surface area (TPSA) is 26.3 Å². The van der Waals surface area contributed by atoms with Crippen molar-refractivity contribution in [3.63, 3.8) is 0 Å². The molecule has 0 fully saturated rings. The van der Waals surface area contributed by atoms with Gasteiger partial charge < -0.3 is 4.74 Å². The highest BCUT2D eigenvalue weighted by atomic mass is 16.5. The van der Waals surface area contributed by atoms with E-state index in [9.17, 15) is 4.79 Å². The monoisotopic (exact) mass is 170 g/mol. The first-order valence-corrected chi connectivity index (χ1v) is 4.43. The van der Waals surface area contributed by atoms with Crippen LogP contribution in [0.2, 0.25) is 0 Å². The van der Waals surface area contributed by atoms with Crippen LogP contribution in [0.15, 0.2) is 12.7 Å². The molecule has 0 saturated heterocycles. The molecule has 2 heteroatoms. The van der Waals surface area contributed by atoms with Gasteiger partial charge in [-0.1, -0.05) is 19.9 Å². The summed E-state index contributed by atoms with van der Waals surface area (Å²) in [7, 11) is 0. The molecule has 0 aromatic heterocycles. The Morgan fingerprint density at radius 3 is 2.75 bits per heavy atom. The van der Waals surface area contributed by atoms with Crippen LogP contribution < -0.4 is 0 Å². The Bertz CT molecular complexity index is 139. The van der Waals surface area contributed by atoms with Crippen molar-refractivity contribution in [2.45, 2.75) is 33.1 Å². The Hall–Kier alpha value is -0.790. The van der Waals surface area contributed by atoms with Crippen LogP contribution in [-0.4, -0.2) is 12.6 Å². The van der Waals surface area contributed by atoms with Gasteiger partial charge in [-0.2, -0.15) is 0 Å². The summed E-state index contributed by atoms with van der Waals surface area (Å²) in [4.78, 5) is 10.9. The van der Waals surface area contributed by atoms with Gasteiger partial charge in [0.15, 0.2) is 0 Å². The lowest BCUT2D eigenvalue weighted by Gasteiger charge is -2.05. The predicted molar refractivity (Wildman–Crippen MR) is 49.8 cm³/mol. The van der Waals surface area contributed by atoms with Gasteiger partial charge in [-0.05, 0) is 18.8 Å². The van der Waals surface area contributed by atoms with Crippen LogP contribution in [0.4, 0.5) is 0 Å². The summed E-state index contributed by atoms with van der Waals surface area (Å²) in [6, 6.07) is 0. The van der Waals surface area contributed by atoms with Crippen molar-refractivity contribution in [1.82, 2.24) is 0 Å². The second kappa shape index (κ2) is 6.89. The summed E-state index contributed by atoms with van der Waals surface area (Å²) in [6.45, 7) is 8.30. The van der Waals surface area contributed by atoms with Gasteiger partial charge >= 0.3 is 5.97 Å². The fraction of sp³-hybridized carbons (Fsp3) is 0.700. The van der Waals surface area contributed by atoms with E-state index in [4.69, 9.17) is 4.74 Å². The minimum atomic E-state index is -0.115. The van der Waals surface area contributed by atoms with Gasteiger partial charge in [-0.3, -0.25) is 4.79 Å². The molecule has 0 aromatic carbocycles. The molecule has 0 rings (SSSR count). The number of ether oxygens (including phenoxy) is 1. The number of hydrogen-bond donors (Lipinski definition) is 0. The molecule has 0 radical (unpaired) electrons. The smallest absolute Gasteiger partial charge is 0.306 e. The van der Waals surface area contributed by atoms with Crippen molar-refractivity contribution < 1.29 is 9.53 Å². The molecule has 0 atom stereocenters. The highest BCUT2D eigenvalue weighted by Crippen LogP contribution is 2.00. The van der Waals surface area contributed by atoms with E-state index in [-0.39, 0.29) is 5.97 Å². The summed E-state index contributed by atoms with van der Waals surface area (Å²) in [5.41, 5.74) is 0. The largest absolute Gasteiger partial charge is 0.466 e. The fourth-order valence-electron chi connectivity index (χ4n) is 0.701. The quantitative estimate of drug-likeness (QED) is 0.452. The highest BCUT2D eigenvalue weighted by Gasteiger charge is 2.01. The average molecular weight is 170 g/mol. The van der Waals surface area contributed by atoms with E-state index in [2.05, 4.69) is 20.4 Å². The van der Waals surface area contributed by atoms with Crippen LogP contribution in [0.3, 0.4) is 0 Å². The highest BCUT2D eigenvalue weighted by molar-refractivity contribution is 5.69. The molecule has 0 saturated carbocycles. The molecule has 0 bridgehead atoms. The molecule has 70 valence electrons. The number of carbonyl (C=O) groups is 1. The Balaban J connectivity index is 3.25. The molecule has 0 aliphatic heterocycles. The van der Waals surface area contributed by atoms with E-state index in [1.54, 1.807) is 6.08 Å². The molecule has 12 heavy (non-hydrogen) atoms. The standard InChI is InChI=1S/C10H18O2/c1-4-5-6-10(11)12-8-7-9(2)3/h4,9H,1,5-8H2,2-3H3. The third kappa shape index (κ3) is 7.32. The van der Waals surface area contributed by atoms with E-state index in [1.165, 1.54) is 0 Å². The van der Waals surface area contributed by atoms with Gasteiger partial charge in [-0.15, -0.1) is 6.58 Å². The maximum absolute atomic E-state index is 10.9. The average Bonchev–Trinajstić information content (AvgIpc) is 2.00. The third-order valence-electron chi connectivity index (χ3n) is 1.51. The van der Waals surface area contributed by atoms with Crippen molar-refractivity contribution in [2.24, 2.45) is 5.92 Å². The van der Waals surface area contributed by atoms with Crippen LogP contribution >= 0.6 is 0 Å². The van der Waals surface area contributed by atoms with Crippen LogP contribution in [0.1, 0.15) is 33.1 Å². The minimum absolute atomic E-state index is 0.115. The van der Waals surface area contributed by atoms with Crippen molar-refractivity contribution in [1.29, 1.82) is 0 Å². The number of rotatable bonds is 6. The molecule has 0 unspecified atom stereocenters. The Morgan fingerprint density at radius 2 is 2.25 bits per heavy atom. The number of hydrogen-bond acceptors (Lipinski definition) is 2. The van der Waals surface area contributed by atoms with E-state index in [1.807, 2.05) is 0 Å². The lowest BCUT2D eigenvalue weighted by atomic mass is 10.1. The van der Waals surface area contributed by atoms with E-state index >= 15 is 0 Å².